The number of hydrogen-bond acceptors (Lipinski definition) is 4. The van der Waals surface area contributed by atoms with Crippen LogP contribution in [0.3, 0.4) is 0 Å². The van der Waals surface area contributed by atoms with E-state index in [0.717, 1.165) is 17.1 Å². The lowest BCUT2D eigenvalue weighted by Crippen LogP contribution is -2.32. The van der Waals surface area contributed by atoms with Crippen LogP contribution in [0, 0.1) is 0 Å². The summed E-state index contributed by atoms with van der Waals surface area (Å²) in [6.07, 6.45) is -3.43. The fraction of sp³-hybridized carbons (Fsp3) is 0.312. The van der Waals surface area contributed by atoms with Crippen LogP contribution < -0.4 is 11.2 Å². The summed E-state index contributed by atoms with van der Waals surface area (Å²) in [6.45, 7) is 2.07. The van der Waals surface area contributed by atoms with Crippen LogP contribution in [0.5, 0.6) is 0 Å². The van der Waals surface area contributed by atoms with Crippen molar-refractivity contribution >= 4 is 22.4 Å². The van der Waals surface area contributed by atoms with Crippen molar-refractivity contribution in [3.8, 4) is 10.6 Å². The lowest BCUT2D eigenvalue weighted by atomic mass is 10.1. The van der Waals surface area contributed by atoms with E-state index in [1.54, 1.807) is 17.5 Å². The Morgan fingerprint density at radius 2 is 2.08 bits per heavy atom. The van der Waals surface area contributed by atoms with E-state index in [0.29, 0.717) is 11.3 Å². The molecule has 0 aliphatic rings. The summed E-state index contributed by atoms with van der Waals surface area (Å²) in [7, 11) is 0. The highest BCUT2D eigenvalue weighted by Crippen LogP contribution is 2.36. The molecule has 5 nitrogen and oxygen atoms in total. The first-order valence-electron chi connectivity index (χ1n) is 7.62. The van der Waals surface area contributed by atoms with Gasteiger partial charge in [-0.1, -0.05) is 19.4 Å². The summed E-state index contributed by atoms with van der Waals surface area (Å²) in [5, 5.41) is 1.11. The molecular weight excluding hydrogens is 355 g/mol. The summed E-state index contributed by atoms with van der Waals surface area (Å²) in [4.78, 5) is 30.9. The van der Waals surface area contributed by atoms with Crippen molar-refractivity contribution in [1.29, 1.82) is 0 Å². The number of nitrogens with zero attached hydrogens (tertiary/aromatic N) is 2. The largest absolute Gasteiger partial charge is 0.417 e. The molecule has 0 radical (unpaired) electrons. The first-order valence-corrected chi connectivity index (χ1v) is 8.50. The molecule has 1 N–H and O–H groups in total. The highest BCUT2D eigenvalue weighted by molar-refractivity contribution is 7.13. The van der Waals surface area contributed by atoms with Gasteiger partial charge in [-0.15, -0.1) is 11.3 Å². The van der Waals surface area contributed by atoms with Gasteiger partial charge in [0.1, 0.15) is 0 Å². The van der Waals surface area contributed by atoms with Crippen LogP contribution in [0.25, 0.3) is 21.6 Å². The molecule has 0 atom stereocenters. The Kier molecular flexibility index (Phi) is 4.51. The van der Waals surface area contributed by atoms with Gasteiger partial charge in [0.15, 0.2) is 5.65 Å². The van der Waals surface area contributed by atoms with Crippen molar-refractivity contribution in [2.24, 2.45) is 0 Å². The molecule has 25 heavy (non-hydrogen) atoms. The summed E-state index contributed by atoms with van der Waals surface area (Å²) < 4.78 is 41.7. The molecule has 0 aliphatic heterocycles. The van der Waals surface area contributed by atoms with Gasteiger partial charge in [0.25, 0.3) is 5.56 Å². The number of unbranched alkanes of at least 4 members (excludes halogenated alkanes) is 1. The fourth-order valence-corrected chi connectivity index (χ4v) is 3.26. The number of fused-ring (bicyclic) bond motifs is 1. The third-order valence-corrected chi connectivity index (χ3v) is 4.66. The molecule has 3 rings (SSSR count). The number of rotatable bonds is 4. The molecule has 0 aromatic carbocycles. The third kappa shape index (κ3) is 3.23. The Morgan fingerprint density at radius 1 is 1.32 bits per heavy atom. The molecule has 0 amide bonds. The quantitative estimate of drug-likeness (QED) is 0.764. The Labute approximate surface area is 143 Å². The van der Waals surface area contributed by atoms with Gasteiger partial charge in [0, 0.05) is 6.54 Å². The molecule has 132 valence electrons. The lowest BCUT2D eigenvalue weighted by molar-refractivity contribution is -0.136. The van der Waals surface area contributed by atoms with Crippen molar-refractivity contribution in [1.82, 2.24) is 14.5 Å². The number of H-pyrrole nitrogens is 1. The van der Waals surface area contributed by atoms with E-state index in [4.69, 9.17) is 0 Å². The second-order valence-corrected chi connectivity index (χ2v) is 6.44. The first-order chi connectivity index (χ1) is 11.8. The van der Waals surface area contributed by atoms with Gasteiger partial charge in [-0.25, -0.2) is 9.78 Å². The molecule has 3 aromatic rings. The van der Waals surface area contributed by atoms with Gasteiger partial charge in [-0.2, -0.15) is 13.2 Å². The first kappa shape index (κ1) is 17.4. The minimum Gasteiger partial charge on any atom is -0.277 e. The van der Waals surface area contributed by atoms with E-state index in [1.807, 2.05) is 11.9 Å². The normalized spacial score (nSPS) is 12.0. The van der Waals surface area contributed by atoms with Crippen LogP contribution >= 0.6 is 11.3 Å². The van der Waals surface area contributed by atoms with E-state index < -0.39 is 28.4 Å². The van der Waals surface area contributed by atoms with Crippen molar-refractivity contribution in [2.45, 2.75) is 32.5 Å². The summed E-state index contributed by atoms with van der Waals surface area (Å²) in [6, 6.07) is 4.19. The van der Waals surface area contributed by atoms with Gasteiger partial charge < -0.3 is 0 Å². The van der Waals surface area contributed by atoms with Crippen LogP contribution in [0.2, 0.25) is 0 Å². The molecule has 0 saturated heterocycles. The third-order valence-electron chi connectivity index (χ3n) is 3.76. The molecule has 3 aromatic heterocycles. The summed E-state index contributed by atoms with van der Waals surface area (Å²) in [5.74, 6) is 0. The molecular formula is C16H14F3N3O2S. The van der Waals surface area contributed by atoms with Crippen molar-refractivity contribution in [3.63, 3.8) is 0 Å². The fourth-order valence-electron chi connectivity index (χ4n) is 2.57. The zero-order valence-electron chi connectivity index (χ0n) is 13.2. The van der Waals surface area contributed by atoms with E-state index in [2.05, 4.69) is 4.98 Å². The summed E-state index contributed by atoms with van der Waals surface area (Å²) >= 11 is 1.23. The van der Waals surface area contributed by atoms with E-state index >= 15 is 0 Å². The van der Waals surface area contributed by atoms with E-state index in [9.17, 15) is 22.8 Å². The number of halogens is 3. The predicted octanol–water partition coefficient (Wildman–Crippen LogP) is 3.63. The van der Waals surface area contributed by atoms with Crippen LogP contribution in [0.1, 0.15) is 25.3 Å². The minimum absolute atomic E-state index is 0.0880. The number of hydrogen-bond donors (Lipinski definition) is 1. The number of alkyl halides is 3. The van der Waals surface area contributed by atoms with Crippen LogP contribution in [-0.2, 0) is 12.7 Å². The molecule has 0 saturated carbocycles. The lowest BCUT2D eigenvalue weighted by Gasteiger charge is -2.14. The predicted molar refractivity (Wildman–Crippen MR) is 89.8 cm³/mol. The van der Waals surface area contributed by atoms with Crippen LogP contribution in [-0.4, -0.2) is 14.5 Å². The number of pyridine rings is 1. The Morgan fingerprint density at radius 3 is 2.68 bits per heavy atom. The zero-order chi connectivity index (χ0) is 18.2. The highest BCUT2D eigenvalue weighted by atomic mass is 32.1. The topological polar surface area (TPSA) is 67.8 Å². The smallest absolute Gasteiger partial charge is 0.277 e. The highest BCUT2D eigenvalue weighted by Gasteiger charge is 2.35. The molecule has 0 spiro atoms. The average molecular weight is 369 g/mol. The average Bonchev–Trinajstić information content (AvgIpc) is 3.07. The van der Waals surface area contributed by atoms with Crippen LogP contribution in [0.4, 0.5) is 13.2 Å². The number of thiophene rings is 1. The molecule has 0 unspecified atom stereocenters. The Bertz CT molecular complexity index is 1020. The monoisotopic (exact) mass is 369 g/mol. The second kappa shape index (κ2) is 6.47. The van der Waals surface area contributed by atoms with Crippen molar-refractivity contribution in [3.05, 3.63) is 50.0 Å². The van der Waals surface area contributed by atoms with E-state index in [-0.39, 0.29) is 17.9 Å². The molecule has 0 fully saturated rings. The molecule has 0 aliphatic carbocycles. The van der Waals surface area contributed by atoms with Gasteiger partial charge in [-0.3, -0.25) is 14.3 Å². The van der Waals surface area contributed by atoms with Crippen molar-refractivity contribution in [2.75, 3.05) is 0 Å². The Balaban J connectivity index is 2.44. The standard InChI is InChI=1S/C16H14F3N3O2S/c1-2-3-6-22-13-12(14(23)21-15(22)24)9(16(17,18)19)8-10(20-13)11-5-4-7-25-11/h4-5,7-8H,2-3,6H2,1H3,(H,21,23,24). The van der Waals surface area contributed by atoms with Gasteiger partial charge >= 0.3 is 11.9 Å². The van der Waals surface area contributed by atoms with E-state index in [1.165, 1.54) is 11.3 Å². The minimum atomic E-state index is -4.74. The van der Waals surface area contributed by atoms with Crippen molar-refractivity contribution < 1.29 is 13.2 Å². The molecule has 3 heterocycles. The number of aryl methyl sites for hydroxylation is 1. The summed E-state index contributed by atoms with van der Waals surface area (Å²) in [5.41, 5.74) is -3.07. The van der Waals surface area contributed by atoms with Gasteiger partial charge in [0.05, 0.1) is 21.5 Å². The second-order valence-electron chi connectivity index (χ2n) is 5.49. The number of aromatic nitrogens is 3. The SMILES string of the molecule is CCCCn1c(=O)[nH]c(=O)c2c(C(F)(F)F)cc(-c3cccs3)nc21. The molecule has 0 bridgehead atoms. The van der Waals surface area contributed by atoms with Gasteiger partial charge in [-0.05, 0) is 23.9 Å². The Hall–Kier alpha value is -2.42. The molecule has 9 heteroatoms. The zero-order valence-corrected chi connectivity index (χ0v) is 14.0. The maximum Gasteiger partial charge on any atom is 0.417 e. The van der Waals surface area contributed by atoms with Gasteiger partial charge in [0.2, 0.25) is 0 Å². The van der Waals surface area contributed by atoms with Crippen LogP contribution in [0.15, 0.2) is 33.2 Å². The number of nitrogens with one attached hydrogen (secondary N) is 1. The maximum absolute atomic E-state index is 13.5. The number of aromatic amines is 1. The maximum atomic E-state index is 13.5.